The summed E-state index contributed by atoms with van der Waals surface area (Å²) in [5, 5.41) is 0.969. The molecule has 0 atom stereocenters. The molecule has 0 amide bonds. The van der Waals surface area contributed by atoms with E-state index in [1.54, 1.807) is 12.1 Å². The quantitative estimate of drug-likeness (QED) is 0.770. The van der Waals surface area contributed by atoms with Crippen LogP contribution in [-0.2, 0) is 15.4 Å². The Balaban J connectivity index is 2.67. The van der Waals surface area contributed by atoms with E-state index in [1.165, 1.54) is 24.5 Å². The molecule has 0 bridgehead atoms. The zero-order chi connectivity index (χ0) is 13.3. The lowest BCUT2D eigenvalue weighted by molar-refractivity contribution is 0.587. The lowest BCUT2D eigenvalue weighted by Crippen LogP contribution is -2.12. The summed E-state index contributed by atoms with van der Waals surface area (Å²) in [4.78, 5) is 0.0409. The van der Waals surface area contributed by atoms with Gasteiger partial charge in [0.05, 0.1) is 5.02 Å². The van der Waals surface area contributed by atoms with Crippen LogP contribution in [0.5, 0.6) is 0 Å². The van der Waals surface area contributed by atoms with Gasteiger partial charge in [-0.1, -0.05) is 39.1 Å². The van der Waals surface area contributed by atoms with Crippen LogP contribution in [0, 0.1) is 0 Å². The molecule has 3 nitrogen and oxygen atoms in total. The minimum Gasteiger partial charge on any atom is -0.249 e. The molecule has 0 saturated carbocycles. The van der Waals surface area contributed by atoms with Crippen LogP contribution in [0.15, 0.2) is 41.6 Å². The highest BCUT2D eigenvalue weighted by Crippen LogP contribution is 2.33. The van der Waals surface area contributed by atoms with Crippen molar-refractivity contribution in [3.63, 3.8) is 0 Å². The molecule has 0 unspecified atom stereocenters. The Labute approximate surface area is 124 Å². The van der Waals surface area contributed by atoms with E-state index in [1.807, 2.05) is 0 Å². The maximum Gasteiger partial charge on any atom is 0.269 e. The molecular weight excluding hydrogens is 361 g/mol. The van der Waals surface area contributed by atoms with Crippen molar-refractivity contribution >= 4 is 49.2 Å². The van der Waals surface area contributed by atoms with Crippen LogP contribution in [0.3, 0.4) is 0 Å². The van der Waals surface area contributed by atoms with Gasteiger partial charge in [-0.15, -0.1) is 0 Å². The summed E-state index contributed by atoms with van der Waals surface area (Å²) in [5.74, 6) is 0. The Morgan fingerprint density at radius 2 is 1.78 bits per heavy atom. The molecule has 0 spiro atoms. The van der Waals surface area contributed by atoms with Crippen molar-refractivity contribution in [3.05, 3.63) is 52.3 Å². The Morgan fingerprint density at radius 1 is 1.17 bits per heavy atom. The molecule has 1 heterocycles. The fraction of sp³-hybridized carbons (Fsp3) is 0.0909. The van der Waals surface area contributed by atoms with Gasteiger partial charge in [-0.2, -0.15) is 0 Å². The van der Waals surface area contributed by atoms with Crippen LogP contribution < -0.4 is 0 Å². The lowest BCUT2D eigenvalue weighted by atomic mass is 10.2. The van der Waals surface area contributed by atoms with Gasteiger partial charge in [0.1, 0.15) is 4.90 Å². The first-order valence-corrected chi connectivity index (χ1v) is 8.21. The van der Waals surface area contributed by atoms with E-state index in [4.69, 9.17) is 23.2 Å². The molecule has 7 heteroatoms. The van der Waals surface area contributed by atoms with E-state index in [2.05, 4.69) is 15.9 Å². The Morgan fingerprint density at radius 3 is 2.33 bits per heavy atom. The van der Waals surface area contributed by atoms with Crippen LogP contribution >= 0.6 is 39.1 Å². The molecule has 0 aliphatic rings. The van der Waals surface area contributed by atoms with Crippen molar-refractivity contribution in [2.24, 2.45) is 0 Å². The molecule has 0 saturated heterocycles. The first-order valence-electron chi connectivity index (χ1n) is 4.90. The van der Waals surface area contributed by atoms with E-state index in [0.29, 0.717) is 15.9 Å². The lowest BCUT2D eigenvalue weighted by Gasteiger charge is -2.11. The van der Waals surface area contributed by atoms with E-state index in [0.717, 1.165) is 3.97 Å². The molecule has 0 fully saturated rings. The molecule has 2 aromatic rings. The second-order valence-corrected chi connectivity index (χ2v) is 6.65. The van der Waals surface area contributed by atoms with Crippen LogP contribution in [0.25, 0.3) is 0 Å². The fourth-order valence-electron chi connectivity index (χ4n) is 1.49. The van der Waals surface area contributed by atoms with Gasteiger partial charge >= 0.3 is 0 Å². The van der Waals surface area contributed by atoms with E-state index in [9.17, 15) is 8.42 Å². The molecule has 18 heavy (non-hydrogen) atoms. The highest BCUT2D eigenvalue weighted by Gasteiger charge is 2.22. The van der Waals surface area contributed by atoms with Crippen molar-refractivity contribution in [3.8, 4) is 0 Å². The SMILES string of the molecule is O=S(=O)(c1ccc(Cl)c(CBr)c1Cl)n1cccc1. The predicted octanol–water partition coefficient (Wildman–Crippen LogP) is 3.93. The molecule has 0 aliphatic heterocycles. The smallest absolute Gasteiger partial charge is 0.249 e. The van der Waals surface area contributed by atoms with Gasteiger partial charge in [0.2, 0.25) is 0 Å². The number of aromatic nitrogens is 1. The van der Waals surface area contributed by atoms with Crippen molar-refractivity contribution in [1.29, 1.82) is 0 Å². The van der Waals surface area contributed by atoms with Crippen molar-refractivity contribution < 1.29 is 8.42 Å². The van der Waals surface area contributed by atoms with E-state index >= 15 is 0 Å². The minimum absolute atomic E-state index is 0.0409. The molecule has 2 rings (SSSR count). The summed E-state index contributed by atoms with van der Waals surface area (Å²) in [7, 11) is -3.67. The molecule has 0 radical (unpaired) electrons. The molecule has 96 valence electrons. The molecule has 0 N–H and O–H groups in total. The third kappa shape index (κ3) is 2.32. The summed E-state index contributed by atoms with van der Waals surface area (Å²) >= 11 is 15.3. The maximum atomic E-state index is 12.3. The highest BCUT2D eigenvalue weighted by atomic mass is 79.9. The van der Waals surface area contributed by atoms with Crippen molar-refractivity contribution in [2.45, 2.75) is 10.2 Å². The van der Waals surface area contributed by atoms with Gasteiger partial charge in [-0.3, -0.25) is 0 Å². The van der Waals surface area contributed by atoms with Gasteiger partial charge in [-0.25, -0.2) is 12.4 Å². The Kier molecular flexibility index (Phi) is 4.06. The van der Waals surface area contributed by atoms with Gasteiger partial charge in [0.15, 0.2) is 0 Å². The van der Waals surface area contributed by atoms with Crippen LogP contribution in [-0.4, -0.2) is 12.4 Å². The van der Waals surface area contributed by atoms with Gasteiger partial charge in [0.25, 0.3) is 10.0 Å². The average molecular weight is 369 g/mol. The number of rotatable bonds is 3. The topological polar surface area (TPSA) is 39.1 Å². The number of benzene rings is 1. The Hall–Kier alpha value is -0.490. The van der Waals surface area contributed by atoms with Gasteiger partial charge < -0.3 is 0 Å². The second-order valence-electron chi connectivity index (χ2n) is 3.49. The highest BCUT2D eigenvalue weighted by molar-refractivity contribution is 9.08. The summed E-state index contributed by atoms with van der Waals surface area (Å²) in [5.41, 5.74) is 0.562. The van der Waals surface area contributed by atoms with E-state index < -0.39 is 10.0 Å². The van der Waals surface area contributed by atoms with Crippen LogP contribution in [0.1, 0.15) is 5.56 Å². The first kappa shape index (κ1) is 13.9. The normalized spacial score (nSPS) is 11.7. The number of hydrogen-bond donors (Lipinski definition) is 0. The average Bonchev–Trinajstić information content (AvgIpc) is 2.83. The molecule has 1 aromatic carbocycles. The summed E-state index contributed by atoms with van der Waals surface area (Å²) in [6.07, 6.45) is 2.90. The molecule has 0 aliphatic carbocycles. The van der Waals surface area contributed by atoms with Crippen molar-refractivity contribution in [1.82, 2.24) is 3.97 Å². The fourth-order valence-corrected chi connectivity index (χ4v) is 4.47. The second kappa shape index (κ2) is 5.25. The molecular formula is C11H8BrCl2NO2S. The van der Waals surface area contributed by atoms with E-state index in [-0.39, 0.29) is 9.92 Å². The summed E-state index contributed by atoms with van der Waals surface area (Å²) in [6, 6.07) is 6.20. The van der Waals surface area contributed by atoms with Gasteiger partial charge in [-0.05, 0) is 24.3 Å². The van der Waals surface area contributed by atoms with Crippen LogP contribution in [0.4, 0.5) is 0 Å². The standard InChI is InChI=1S/C11H8BrCl2NO2S/c12-7-8-9(13)3-4-10(11(8)14)18(16,17)15-5-1-2-6-15/h1-6H,7H2. The third-order valence-corrected chi connectivity index (χ3v) is 5.57. The minimum atomic E-state index is -3.67. The number of hydrogen-bond acceptors (Lipinski definition) is 2. The van der Waals surface area contributed by atoms with Gasteiger partial charge in [0, 0.05) is 28.3 Å². The zero-order valence-electron chi connectivity index (χ0n) is 8.98. The maximum absolute atomic E-state index is 12.3. The zero-order valence-corrected chi connectivity index (χ0v) is 12.9. The number of alkyl halides is 1. The number of halogens is 3. The monoisotopic (exact) mass is 367 g/mol. The Bertz CT molecular complexity index is 669. The largest absolute Gasteiger partial charge is 0.269 e. The predicted molar refractivity (Wildman–Crippen MR) is 76.1 cm³/mol. The summed E-state index contributed by atoms with van der Waals surface area (Å²) in [6.45, 7) is 0. The molecule has 1 aromatic heterocycles. The van der Waals surface area contributed by atoms with Crippen LogP contribution in [0.2, 0.25) is 10.0 Å². The number of nitrogens with zero attached hydrogens (tertiary/aromatic N) is 1. The first-order chi connectivity index (χ1) is 8.48. The summed E-state index contributed by atoms with van der Waals surface area (Å²) < 4.78 is 25.7. The van der Waals surface area contributed by atoms with Crippen molar-refractivity contribution in [2.75, 3.05) is 0 Å². The third-order valence-electron chi connectivity index (χ3n) is 2.42.